The maximum Gasteiger partial charge on any atom is 0.0940 e. The van der Waals surface area contributed by atoms with Crippen molar-refractivity contribution in [3.05, 3.63) is 22.5 Å². The highest BCUT2D eigenvalue weighted by atomic mass is 35.5. The molecule has 1 aromatic heterocycles. The fourth-order valence-electron chi connectivity index (χ4n) is 1.06. The Bertz CT molecular complexity index is 397. The first-order valence-electron chi connectivity index (χ1n) is 3.34. The van der Waals surface area contributed by atoms with Gasteiger partial charge >= 0.3 is 0 Å². The number of benzene rings is 1. The van der Waals surface area contributed by atoms with Gasteiger partial charge in [0.25, 0.3) is 0 Å². The van der Waals surface area contributed by atoms with E-state index in [0.29, 0.717) is 5.69 Å². The van der Waals surface area contributed by atoms with Gasteiger partial charge in [-0.3, -0.25) is 0 Å². The van der Waals surface area contributed by atoms with E-state index in [2.05, 4.69) is 12.6 Å². The van der Waals surface area contributed by atoms with Gasteiger partial charge in [0.15, 0.2) is 0 Å². The lowest BCUT2D eigenvalue weighted by atomic mass is 10.2. The second-order valence-corrected chi connectivity index (χ2v) is 4.70. The predicted molar refractivity (Wildman–Crippen MR) is 58.5 cm³/mol. The molecule has 4 heteroatoms. The van der Waals surface area contributed by atoms with Crippen molar-refractivity contribution in [1.82, 2.24) is 0 Å². The topological polar surface area (TPSA) is 26.0 Å². The Kier molecular flexibility index (Phi) is 1.94. The van der Waals surface area contributed by atoms with Gasteiger partial charge in [-0.05, 0) is 23.6 Å². The Hall–Kier alpha value is -0.380. The van der Waals surface area contributed by atoms with E-state index >= 15 is 0 Å². The maximum absolute atomic E-state index is 5.84. The molecule has 0 fully saturated rings. The standard InChI is InChI=1S/C8H6ClNS2/c9-8-2-4-1-5(10)6(11)3-7(4)12-8/h1-3,11H,10H2. The highest BCUT2D eigenvalue weighted by molar-refractivity contribution is 7.80. The van der Waals surface area contributed by atoms with Crippen LogP contribution in [0.25, 0.3) is 10.1 Å². The molecule has 2 rings (SSSR count). The SMILES string of the molecule is Nc1cc2cc(Cl)sc2cc1S. The third kappa shape index (κ3) is 1.28. The molecular weight excluding hydrogens is 210 g/mol. The van der Waals surface area contributed by atoms with Crippen LogP contribution in [0.4, 0.5) is 5.69 Å². The molecule has 62 valence electrons. The van der Waals surface area contributed by atoms with Crippen molar-refractivity contribution in [1.29, 1.82) is 0 Å². The Labute approximate surface area is 84.6 Å². The van der Waals surface area contributed by atoms with E-state index in [9.17, 15) is 0 Å². The van der Waals surface area contributed by atoms with E-state index in [4.69, 9.17) is 17.3 Å². The average Bonchev–Trinajstić information content (AvgIpc) is 2.30. The van der Waals surface area contributed by atoms with Crippen molar-refractivity contribution in [3.8, 4) is 0 Å². The summed E-state index contributed by atoms with van der Waals surface area (Å²) in [5.41, 5.74) is 6.38. The number of hydrogen-bond donors (Lipinski definition) is 2. The lowest BCUT2D eigenvalue weighted by Crippen LogP contribution is -1.84. The molecule has 0 aliphatic heterocycles. The second kappa shape index (κ2) is 2.83. The molecule has 0 unspecified atom stereocenters. The van der Waals surface area contributed by atoms with E-state index in [1.807, 2.05) is 18.2 Å². The molecule has 1 nitrogen and oxygen atoms in total. The molecule has 0 saturated carbocycles. The lowest BCUT2D eigenvalue weighted by molar-refractivity contribution is 1.53. The largest absolute Gasteiger partial charge is 0.398 e. The molecule has 0 amide bonds. The van der Waals surface area contributed by atoms with Gasteiger partial charge in [-0.2, -0.15) is 0 Å². The molecule has 0 aliphatic rings. The van der Waals surface area contributed by atoms with E-state index in [-0.39, 0.29) is 0 Å². The van der Waals surface area contributed by atoms with Crippen LogP contribution in [-0.4, -0.2) is 0 Å². The zero-order valence-electron chi connectivity index (χ0n) is 6.04. The van der Waals surface area contributed by atoms with Crippen LogP contribution in [0, 0.1) is 0 Å². The number of halogens is 1. The quantitative estimate of drug-likeness (QED) is 0.511. The molecule has 2 aromatic rings. The highest BCUT2D eigenvalue weighted by Gasteiger charge is 2.02. The van der Waals surface area contributed by atoms with Gasteiger partial charge in [0.2, 0.25) is 0 Å². The van der Waals surface area contributed by atoms with Crippen molar-refractivity contribution in [2.24, 2.45) is 0 Å². The number of rotatable bonds is 0. The number of hydrogen-bond acceptors (Lipinski definition) is 3. The third-order valence-corrected chi connectivity index (χ3v) is 3.25. The summed E-state index contributed by atoms with van der Waals surface area (Å²) in [6, 6.07) is 5.73. The number of nitrogen functional groups attached to an aromatic ring is 1. The molecule has 12 heavy (non-hydrogen) atoms. The summed E-state index contributed by atoms with van der Waals surface area (Å²) in [4.78, 5) is 0.806. The maximum atomic E-state index is 5.84. The van der Waals surface area contributed by atoms with Gasteiger partial charge < -0.3 is 5.73 Å². The van der Waals surface area contributed by atoms with Crippen LogP contribution in [0.5, 0.6) is 0 Å². The van der Waals surface area contributed by atoms with Gasteiger partial charge in [0.1, 0.15) is 0 Å². The minimum absolute atomic E-state index is 0.695. The van der Waals surface area contributed by atoms with Crippen LogP contribution >= 0.6 is 35.6 Å². The molecule has 1 heterocycles. The summed E-state index contributed by atoms with van der Waals surface area (Å²) in [6.07, 6.45) is 0. The van der Waals surface area contributed by atoms with Crippen LogP contribution in [0.3, 0.4) is 0 Å². The van der Waals surface area contributed by atoms with Crippen molar-refractivity contribution in [2.75, 3.05) is 5.73 Å². The summed E-state index contributed by atoms with van der Waals surface area (Å²) in [6.45, 7) is 0. The Morgan fingerprint density at radius 3 is 2.83 bits per heavy atom. The molecule has 0 saturated heterocycles. The van der Waals surface area contributed by atoms with Gasteiger partial charge in [0.05, 0.1) is 4.34 Å². The van der Waals surface area contributed by atoms with E-state index in [0.717, 1.165) is 19.3 Å². The zero-order chi connectivity index (χ0) is 8.72. The summed E-state index contributed by atoms with van der Waals surface area (Å²) in [7, 11) is 0. The minimum Gasteiger partial charge on any atom is -0.398 e. The van der Waals surface area contributed by atoms with Crippen LogP contribution in [0.15, 0.2) is 23.1 Å². The van der Waals surface area contributed by atoms with Crippen molar-refractivity contribution < 1.29 is 0 Å². The van der Waals surface area contributed by atoms with E-state index in [1.54, 1.807) is 0 Å². The normalized spacial score (nSPS) is 10.8. The summed E-state index contributed by atoms with van der Waals surface area (Å²) in [5.74, 6) is 0. The van der Waals surface area contributed by atoms with Gasteiger partial charge in [-0.15, -0.1) is 24.0 Å². The first-order valence-corrected chi connectivity index (χ1v) is 4.98. The van der Waals surface area contributed by atoms with Crippen LogP contribution in [0.2, 0.25) is 4.34 Å². The molecule has 0 bridgehead atoms. The summed E-state index contributed by atoms with van der Waals surface area (Å²) in [5, 5.41) is 1.08. The smallest absolute Gasteiger partial charge is 0.0940 e. The Morgan fingerprint density at radius 2 is 2.08 bits per heavy atom. The van der Waals surface area contributed by atoms with Gasteiger partial charge in [-0.25, -0.2) is 0 Å². The van der Waals surface area contributed by atoms with Gasteiger partial charge in [0, 0.05) is 15.3 Å². The van der Waals surface area contributed by atoms with Crippen LogP contribution in [0.1, 0.15) is 0 Å². The second-order valence-electron chi connectivity index (χ2n) is 2.50. The number of anilines is 1. The van der Waals surface area contributed by atoms with Crippen molar-refractivity contribution >= 4 is 51.3 Å². The fraction of sp³-hybridized carbons (Fsp3) is 0. The Morgan fingerprint density at radius 1 is 1.33 bits per heavy atom. The Balaban J connectivity index is 2.83. The van der Waals surface area contributed by atoms with Crippen LogP contribution in [-0.2, 0) is 0 Å². The molecule has 0 radical (unpaired) electrons. The predicted octanol–water partition coefficient (Wildman–Crippen LogP) is 3.43. The van der Waals surface area contributed by atoms with Crippen molar-refractivity contribution in [2.45, 2.75) is 4.90 Å². The van der Waals surface area contributed by atoms with E-state index in [1.165, 1.54) is 11.3 Å². The summed E-state index contributed by atoms with van der Waals surface area (Å²) >= 11 is 11.6. The zero-order valence-corrected chi connectivity index (χ0v) is 8.51. The molecule has 2 N–H and O–H groups in total. The monoisotopic (exact) mass is 215 g/mol. The molecular formula is C8H6ClNS2. The number of fused-ring (bicyclic) bond motifs is 1. The number of nitrogens with two attached hydrogens (primary N) is 1. The molecule has 0 atom stereocenters. The lowest BCUT2D eigenvalue weighted by Gasteiger charge is -1.97. The summed E-state index contributed by atoms with van der Waals surface area (Å²) < 4.78 is 1.91. The van der Waals surface area contributed by atoms with Gasteiger partial charge in [-0.1, -0.05) is 11.6 Å². The first kappa shape index (κ1) is 8.23. The number of thiol groups is 1. The molecule has 0 aliphatic carbocycles. The highest BCUT2D eigenvalue weighted by Crippen LogP contribution is 2.33. The molecule has 0 spiro atoms. The van der Waals surface area contributed by atoms with E-state index < -0.39 is 0 Å². The first-order chi connectivity index (χ1) is 5.66. The fourth-order valence-corrected chi connectivity index (χ4v) is 2.52. The molecule has 1 aromatic carbocycles. The average molecular weight is 216 g/mol. The van der Waals surface area contributed by atoms with Crippen molar-refractivity contribution in [3.63, 3.8) is 0 Å². The minimum atomic E-state index is 0.695. The van der Waals surface area contributed by atoms with Crippen LogP contribution < -0.4 is 5.73 Å². The number of thiophene rings is 1. The third-order valence-electron chi connectivity index (χ3n) is 1.64.